The highest BCUT2D eigenvalue weighted by Crippen LogP contribution is 2.26. The Kier molecular flexibility index (Phi) is 4.88. The van der Waals surface area contributed by atoms with Gasteiger partial charge in [-0.05, 0) is 6.08 Å². The Morgan fingerprint density at radius 2 is 2.30 bits per heavy atom. The van der Waals surface area contributed by atoms with E-state index in [1.165, 1.54) is 4.90 Å². The summed E-state index contributed by atoms with van der Waals surface area (Å²) in [5, 5.41) is 14.8. The second-order valence-corrected chi connectivity index (χ2v) is 3.69. The van der Waals surface area contributed by atoms with Crippen molar-refractivity contribution in [3.8, 4) is 0 Å². The standard InChI is InChI=1S/C9H11F3N4O4/c1-6(17)20-7(9(10,11)12)2-4-15-5-3-13-8(15)14-16(18)19/h2H,3-5H2,1H3,(H,13,14)/b7-2-. The lowest BCUT2D eigenvalue weighted by Crippen LogP contribution is -2.32. The molecule has 1 aliphatic rings. The third kappa shape index (κ3) is 4.74. The van der Waals surface area contributed by atoms with Crippen LogP contribution in [-0.4, -0.2) is 47.7 Å². The summed E-state index contributed by atoms with van der Waals surface area (Å²) in [6.07, 6.45) is -4.19. The molecule has 0 aromatic rings. The molecule has 0 spiro atoms. The second-order valence-electron chi connectivity index (χ2n) is 3.69. The van der Waals surface area contributed by atoms with Crippen molar-refractivity contribution in [1.82, 2.24) is 10.2 Å². The number of carbonyl (C=O) groups is 1. The Bertz CT molecular complexity index is 461. The Morgan fingerprint density at radius 3 is 2.80 bits per heavy atom. The molecule has 112 valence electrons. The van der Waals surface area contributed by atoms with E-state index in [1.807, 2.05) is 0 Å². The fourth-order valence-electron chi connectivity index (χ4n) is 1.44. The molecule has 1 heterocycles. The Morgan fingerprint density at radius 1 is 1.65 bits per heavy atom. The number of guanidine groups is 1. The quantitative estimate of drug-likeness (QED) is 0.350. The summed E-state index contributed by atoms with van der Waals surface area (Å²) in [6.45, 7) is 1.07. The maximum atomic E-state index is 12.5. The molecule has 1 fully saturated rings. The molecule has 0 amide bonds. The van der Waals surface area contributed by atoms with Gasteiger partial charge in [0.2, 0.25) is 5.76 Å². The monoisotopic (exact) mass is 296 g/mol. The fraction of sp³-hybridized carbons (Fsp3) is 0.556. The lowest BCUT2D eigenvalue weighted by atomic mass is 10.4. The minimum atomic E-state index is -4.82. The number of carbonyl (C=O) groups excluding carboxylic acids is 1. The van der Waals surface area contributed by atoms with Crippen molar-refractivity contribution < 1.29 is 27.7 Å². The number of allylic oxidation sites excluding steroid dienone is 1. The SMILES string of the molecule is CC(=O)O/C(=C\CN1CCN/C1=N\[N+](=O)[O-])C(F)(F)F. The summed E-state index contributed by atoms with van der Waals surface area (Å²) in [5.74, 6) is -2.71. The van der Waals surface area contributed by atoms with Crippen LogP contribution in [0.25, 0.3) is 0 Å². The van der Waals surface area contributed by atoms with Crippen LogP contribution in [0, 0.1) is 10.1 Å². The number of hydrazone groups is 1. The molecule has 1 N–H and O–H groups in total. The summed E-state index contributed by atoms with van der Waals surface area (Å²) in [4.78, 5) is 22.1. The van der Waals surface area contributed by atoms with Crippen LogP contribution in [0.15, 0.2) is 16.9 Å². The highest BCUT2D eigenvalue weighted by Gasteiger charge is 2.37. The zero-order chi connectivity index (χ0) is 15.3. The number of rotatable bonds is 4. The summed E-state index contributed by atoms with van der Waals surface area (Å²) in [5.41, 5.74) is 0. The van der Waals surface area contributed by atoms with Crippen molar-refractivity contribution >= 4 is 11.9 Å². The zero-order valence-corrected chi connectivity index (χ0v) is 10.3. The molecule has 0 radical (unpaired) electrons. The second kappa shape index (κ2) is 6.21. The molecule has 1 aliphatic heterocycles. The van der Waals surface area contributed by atoms with Crippen molar-refractivity contribution in [3.63, 3.8) is 0 Å². The molecule has 0 saturated carbocycles. The van der Waals surface area contributed by atoms with E-state index >= 15 is 0 Å². The summed E-state index contributed by atoms with van der Waals surface area (Å²) >= 11 is 0. The van der Waals surface area contributed by atoms with Gasteiger partial charge in [0, 0.05) is 26.6 Å². The van der Waals surface area contributed by atoms with Crippen molar-refractivity contribution in [2.24, 2.45) is 5.10 Å². The maximum absolute atomic E-state index is 12.5. The first-order chi connectivity index (χ1) is 9.20. The van der Waals surface area contributed by atoms with E-state index in [9.17, 15) is 28.1 Å². The highest BCUT2D eigenvalue weighted by molar-refractivity contribution is 5.81. The molecular weight excluding hydrogens is 285 g/mol. The first-order valence-electron chi connectivity index (χ1n) is 5.37. The normalized spacial score (nSPS) is 18.1. The van der Waals surface area contributed by atoms with Crippen molar-refractivity contribution in [2.45, 2.75) is 13.1 Å². The van der Waals surface area contributed by atoms with E-state index in [2.05, 4.69) is 15.2 Å². The number of hydrogen-bond donors (Lipinski definition) is 1. The largest absolute Gasteiger partial charge is 0.449 e. The first kappa shape index (κ1) is 15.7. The van der Waals surface area contributed by atoms with Gasteiger partial charge in [-0.15, -0.1) is 0 Å². The minimum absolute atomic E-state index is 0.143. The average molecular weight is 296 g/mol. The van der Waals surface area contributed by atoms with Crippen LogP contribution in [0.2, 0.25) is 0 Å². The number of esters is 1. The lowest BCUT2D eigenvalue weighted by molar-refractivity contribution is -0.485. The molecule has 0 aromatic carbocycles. The third-order valence-corrected chi connectivity index (χ3v) is 2.17. The first-order valence-corrected chi connectivity index (χ1v) is 5.37. The van der Waals surface area contributed by atoms with Gasteiger partial charge in [0.15, 0.2) is 5.03 Å². The van der Waals surface area contributed by atoms with E-state index in [4.69, 9.17) is 0 Å². The molecule has 11 heteroatoms. The van der Waals surface area contributed by atoms with Crippen molar-refractivity contribution in [1.29, 1.82) is 0 Å². The van der Waals surface area contributed by atoms with Crippen LogP contribution in [0.3, 0.4) is 0 Å². The smallest absolute Gasteiger partial charge is 0.422 e. The van der Waals surface area contributed by atoms with Gasteiger partial charge in [0.25, 0.3) is 5.96 Å². The highest BCUT2D eigenvalue weighted by atomic mass is 19.4. The van der Waals surface area contributed by atoms with E-state index in [-0.39, 0.29) is 19.0 Å². The molecule has 0 atom stereocenters. The van der Waals surface area contributed by atoms with E-state index in [0.717, 1.165) is 6.92 Å². The molecule has 20 heavy (non-hydrogen) atoms. The summed E-state index contributed by atoms with van der Waals surface area (Å²) in [7, 11) is 0. The molecule has 8 nitrogen and oxygen atoms in total. The Hall–Kier alpha value is -2.33. The number of nitro groups is 1. The molecule has 1 saturated heterocycles. The predicted octanol–water partition coefficient (Wildman–Crippen LogP) is 0.449. The molecule has 1 rings (SSSR count). The van der Waals surface area contributed by atoms with Gasteiger partial charge < -0.3 is 15.0 Å². The van der Waals surface area contributed by atoms with E-state index in [0.29, 0.717) is 12.6 Å². The number of hydrogen-bond acceptors (Lipinski definition) is 4. The van der Waals surface area contributed by atoms with Crippen LogP contribution >= 0.6 is 0 Å². The zero-order valence-electron chi connectivity index (χ0n) is 10.3. The topological polar surface area (TPSA) is 97.1 Å². The number of halogens is 3. The van der Waals surface area contributed by atoms with Crippen LogP contribution in [0.1, 0.15) is 6.92 Å². The molecule has 0 aromatic heterocycles. The maximum Gasteiger partial charge on any atom is 0.449 e. The Balaban J connectivity index is 2.81. The van der Waals surface area contributed by atoms with E-state index < -0.39 is 22.9 Å². The third-order valence-electron chi connectivity index (χ3n) is 2.17. The van der Waals surface area contributed by atoms with Crippen LogP contribution in [0.4, 0.5) is 13.2 Å². The predicted molar refractivity (Wildman–Crippen MR) is 59.9 cm³/mol. The lowest BCUT2D eigenvalue weighted by Gasteiger charge is -2.15. The van der Waals surface area contributed by atoms with Crippen LogP contribution in [0.5, 0.6) is 0 Å². The van der Waals surface area contributed by atoms with Gasteiger partial charge in [-0.2, -0.15) is 13.2 Å². The Labute approximate surface area is 111 Å². The summed E-state index contributed by atoms with van der Waals surface area (Å²) < 4.78 is 41.7. The van der Waals surface area contributed by atoms with E-state index in [1.54, 1.807) is 0 Å². The van der Waals surface area contributed by atoms with Gasteiger partial charge in [-0.1, -0.05) is 0 Å². The average Bonchev–Trinajstić information content (AvgIpc) is 2.68. The van der Waals surface area contributed by atoms with Crippen LogP contribution < -0.4 is 5.32 Å². The number of alkyl halides is 3. The van der Waals surface area contributed by atoms with Gasteiger partial charge in [0.05, 0.1) is 0 Å². The molecule has 0 aliphatic carbocycles. The van der Waals surface area contributed by atoms with Gasteiger partial charge in [-0.25, -0.2) is 10.1 Å². The van der Waals surface area contributed by atoms with Gasteiger partial charge >= 0.3 is 12.1 Å². The van der Waals surface area contributed by atoms with Gasteiger partial charge in [-0.3, -0.25) is 4.79 Å². The number of nitrogens with zero attached hydrogens (tertiary/aromatic N) is 3. The minimum Gasteiger partial charge on any atom is -0.422 e. The van der Waals surface area contributed by atoms with Gasteiger partial charge in [0.1, 0.15) is 5.10 Å². The number of nitrogens with one attached hydrogen (secondary N) is 1. The van der Waals surface area contributed by atoms with Crippen molar-refractivity contribution in [2.75, 3.05) is 19.6 Å². The summed E-state index contributed by atoms with van der Waals surface area (Å²) in [6, 6.07) is 0. The van der Waals surface area contributed by atoms with Crippen molar-refractivity contribution in [3.05, 3.63) is 21.9 Å². The fourth-order valence-corrected chi connectivity index (χ4v) is 1.44. The molecular formula is C9H11F3N4O4. The molecule has 0 bridgehead atoms. The molecule has 0 unspecified atom stereocenters. The van der Waals surface area contributed by atoms with Crippen LogP contribution in [-0.2, 0) is 9.53 Å². The number of ether oxygens (including phenoxy) is 1.